The quantitative estimate of drug-likeness (QED) is 0.776. The van der Waals surface area contributed by atoms with Crippen LogP contribution >= 0.6 is 0 Å². The number of amides is 2. The van der Waals surface area contributed by atoms with Gasteiger partial charge in [-0.05, 0) is 24.3 Å². The van der Waals surface area contributed by atoms with E-state index in [2.05, 4.69) is 5.32 Å². The summed E-state index contributed by atoms with van der Waals surface area (Å²) in [7, 11) is 4.95. The highest BCUT2D eigenvalue weighted by Crippen LogP contribution is 2.06. The zero-order valence-corrected chi connectivity index (χ0v) is 9.07. The number of hydrogen-bond donors (Lipinski definition) is 1. The van der Waals surface area contributed by atoms with E-state index in [4.69, 9.17) is 0 Å². The van der Waals surface area contributed by atoms with E-state index < -0.39 is 0 Å². The molecule has 15 heavy (non-hydrogen) atoms. The first-order valence-electron chi connectivity index (χ1n) is 4.60. The molecule has 0 unspecified atom stereocenters. The molecule has 0 saturated heterocycles. The van der Waals surface area contributed by atoms with E-state index in [0.717, 1.165) is 0 Å². The Bertz CT molecular complexity index is 369. The fourth-order valence-corrected chi connectivity index (χ4v) is 1.17. The molecule has 0 spiro atoms. The van der Waals surface area contributed by atoms with E-state index in [1.54, 1.807) is 45.4 Å². The van der Waals surface area contributed by atoms with E-state index in [1.165, 1.54) is 4.90 Å². The average Bonchev–Trinajstić information content (AvgIpc) is 2.27. The third-order valence-corrected chi connectivity index (χ3v) is 2.03. The van der Waals surface area contributed by atoms with Gasteiger partial charge in [0, 0.05) is 32.3 Å². The van der Waals surface area contributed by atoms with E-state index >= 15 is 0 Å². The Kier molecular flexibility index (Phi) is 3.44. The Morgan fingerprint density at radius 3 is 1.93 bits per heavy atom. The second-order valence-electron chi connectivity index (χ2n) is 3.36. The Balaban J connectivity index is 2.90. The van der Waals surface area contributed by atoms with Gasteiger partial charge in [-0.25, -0.2) is 0 Å². The lowest BCUT2D eigenvalue weighted by atomic mass is 10.1. The van der Waals surface area contributed by atoms with Crippen LogP contribution in [-0.4, -0.2) is 37.9 Å². The number of rotatable bonds is 2. The van der Waals surface area contributed by atoms with Crippen molar-refractivity contribution in [3.63, 3.8) is 0 Å². The van der Waals surface area contributed by atoms with Crippen LogP contribution in [0.5, 0.6) is 0 Å². The molecule has 0 aliphatic carbocycles. The maximum absolute atomic E-state index is 11.5. The van der Waals surface area contributed by atoms with Gasteiger partial charge in [0.1, 0.15) is 0 Å². The second-order valence-corrected chi connectivity index (χ2v) is 3.36. The summed E-state index contributed by atoms with van der Waals surface area (Å²) in [4.78, 5) is 24.2. The first-order chi connectivity index (χ1) is 7.06. The second kappa shape index (κ2) is 4.59. The van der Waals surface area contributed by atoms with Crippen LogP contribution in [0.25, 0.3) is 0 Å². The minimum absolute atomic E-state index is 0.0709. The van der Waals surface area contributed by atoms with Crippen molar-refractivity contribution in [2.75, 3.05) is 21.1 Å². The predicted octanol–water partition coefficient (Wildman–Crippen LogP) is 0.748. The Morgan fingerprint density at radius 1 is 1.07 bits per heavy atom. The highest BCUT2D eigenvalue weighted by atomic mass is 16.2. The fraction of sp³-hybridized carbons (Fsp3) is 0.273. The number of hydrogen-bond acceptors (Lipinski definition) is 2. The molecule has 0 atom stereocenters. The average molecular weight is 206 g/mol. The van der Waals surface area contributed by atoms with Gasteiger partial charge in [-0.3, -0.25) is 9.59 Å². The number of nitrogens with one attached hydrogen (secondary N) is 1. The van der Waals surface area contributed by atoms with Crippen LogP contribution < -0.4 is 5.32 Å². The summed E-state index contributed by atoms with van der Waals surface area (Å²) in [6.45, 7) is 0. The van der Waals surface area contributed by atoms with Gasteiger partial charge in [-0.15, -0.1) is 0 Å². The summed E-state index contributed by atoms with van der Waals surface area (Å²) >= 11 is 0. The van der Waals surface area contributed by atoms with Crippen molar-refractivity contribution < 1.29 is 9.59 Å². The van der Waals surface area contributed by atoms with Gasteiger partial charge in [0.2, 0.25) is 0 Å². The predicted molar refractivity (Wildman–Crippen MR) is 57.8 cm³/mol. The van der Waals surface area contributed by atoms with E-state index in [9.17, 15) is 9.59 Å². The van der Waals surface area contributed by atoms with Crippen molar-refractivity contribution in [3.8, 4) is 0 Å². The SMILES string of the molecule is CNC(=O)c1ccc(C(=O)N(C)C)cc1. The van der Waals surface area contributed by atoms with E-state index in [-0.39, 0.29) is 11.8 Å². The lowest BCUT2D eigenvalue weighted by Gasteiger charge is -2.10. The third-order valence-electron chi connectivity index (χ3n) is 2.03. The number of carbonyl (C=O) groups excluding carboxylic acids is 2. The molecule has 0 aromatic heterocycles. The molecule has 1 N–H and O–H groups in total. The minimum atomic E-state index is -0.154. The van der Waals surface area contributed by atoms with Crippen LogP contribution in [0.1, 0.15) is 20.7 Å². The first kappa shape index (κ1) is 11.2. The van der Waals surface area contributed by atoms with Crippen LogP contribution in [0, 0.1) is 0 Å². The molecule has 0 aliphatic heterocycles. The summed E-state index contributed by atoms with van der Waals surface area (Å²) in [5.41, 5.74) is 1.13. The standard InChI is InChI=1S/C11H14N2O2/c1-12-10(14)8-4-6-9(7-5-8)11(15)13(2)3/h4-7H,1-3H3,(H,12,14). The lowest BCUT2D eigenvalue weighted by Crippen LogP contribution is -2.22. The molecule has 0 heterocycles. The fourth-order valence-electron chi connectivity index (χ4n) is 1.17. The zero-order valence-electron chi connectivity index (χ0n) is 9.07. The Morgan fingerprint density at radius 2 is 1.53 bits per heavy atom. The topological polar surface area (TPSA) is 49.4 Å². The van der Waals surface area contributed by atoms with Crippen LogP contribution in [0.3, 0.4) is 0 Å². The Labute approximate surface area is 88.9 Å². The van der Waals surface area contributed by atoms with Gasteiger partial charge in [0.05, 0.1) is 0 Å². The van der Waals surface area contributed by atoms with Gasteiger partial charge in [0.25, 0.3) is 11.8 Å². The van der Waals surface area contributed by atoms with Crippen molar-refractivity contribution in [1.82, 2.24) is 10.2 Å². The third kappa shape index (κ3) is 2.56. The van der Waals surface area contributed by atoms with Crippen LogP contribution in [-0.2, 0) is 0 Å². The van der Waals surface area contributed by atoms with Gasteiger partial charge < -0.3 is 10.2 Å². The molecular weight excluding hydrogens is 192 g/mol. The zero-order chi connectivity index (χ0) is 11.4. The summed E-state index contributed by atoms with van der Waals surface area (Å²) in [6.07, 6.45) is 0. The largest absolute Gasteiger partial charge is 0.355 e. The number of carbonyl (C=O) groups is 2. The van der Waals surface area contributed by atoms with E-state index in [0.29, 0.717) is 11.1 Å². The molecule has 1 rings (SSSR count). The van der Waals surface area contributed by atoms with E-state index in [1.807, 2.05) is 0 Å². The van der Waals surface area contributed by atoms with Crippen molar-refractivity contribution in [2.45, 2.75) is 0 Å². The Hall–Kier alpha value is -1.84. The summed E-state index contributed by atoms with van der Waals surface area (Å²) in [5.74, 6) is -0.225. The molecule has 1 aromatic rings. The van der Waals surface area contributed by atoms with Crippen molar-refractivity contribution in [1.29, 1.82) is 0 Å². The molecule has 4 heteroatoms. The van der Waals surface area contributed by atoms with Gasteiger partial charge >= 0.3 is 0 Å². The van der Waals surface area contributed by atoms with Crippen molar-refractivity contribution >= 4 is 11.8 Å². The molecule has 0 bridgehead atoms. The maximum Gasteiger partial charge on any atom is 0.253 e. The lowest BCUT2D eigenvalue weighted by molar-refractivity contribution is 0.0826. The molecule has 0 radical (unpaired) electrons. The van der Waals surface area contributed by atoms with Crippen molar-refractivity contribution in [3.05, 3.63) is 35.4 Å². The normalized spacial score (nSPS) is 9.53. The maximum atomic E-state index is 11.5. The number of benzene rings is 1. The highest BCUT2D eigenvalue weighted by Gasteiger charge is 2.08. The molecule has 0 saturated carbocycles. The molecule has 2 amide bonds. The van der Waals surface area contributed by atoms with Crippen LogP contribution in [0.2, 0.25) is 0 Å². The molecule has 1 aromatic carbocycles. The monoisotopic (exact) mass is 206 g/mol. The molecule has 0 aliphatic rings. The smallest absolute Gasteiger partial charge is 0.253 e. The summed E-state index contributed by atoms with van der Waals surface area (Å²) in [6, 6.07) is 6.56. The molecule has 80 valence electrons. The minimum Gasteiger partial charge on any atom is -0.355 e. The highest BCUT2D eigenvalue weighted by molar-refractivity contribution is 5.97. The summed E-state index contributed by atoms with van der Waals surface area (Å²) in [5, 5.41) is 2.52. The van der Waals surface area contributed by atoms with Gasteiger partial charge in [-0.2, -0.15) is 0 Å². The van der Waals surface area contributed by atoms with Crippen molar-refractivity contribution in [2.24, 2.45) is 0 Å². The van der Waals surface area contributed by atoms with Gasteiger partial charge in [-0.1, -0.05) is 0 Å². The van der Waals surface area contributed by atoms with Crippen LogP contribution in [0.15, 0.2) is 24.3 Å². The summed E-state index contributed by atoms with van der Waals surface area (Å²) < 4.78 is 0. The molecule has 4 nitrogen and oxygen atoms in total. The molecule has 0 fully saturated rings. The first-order valence-corrected chi connectivity index (χ1v) is 4.60. The van der Waals surface area contributed by atoms with Crippen LogP contribution in [0.4, 0.5) is 0 Å². The molecular formula is C11H14N2O2. The number of nitrogens with zero attached hydrogens (tertiary/aromatic N) is 1. The van der Waals surface area contributed by atoms with Gasteiger partial charge in [0.15, 0.2) is 0 Å².